The quantitative estimate of drug-likeness (QED) is 0.927. The van der Waals surface area contributed by atoms with Gasteiger partial charge in [0, 0.05) is 25.1 Å². The number of nitrogens with zero attached hydrogens (tertiary/aromatic N) is 5. The smallest absolute Gasteiger partial charge is 0.210 e. The van der Waals surface area contributed by atoms with Crippen LogP contribution >= 0.6 is 11.3 Å². The van der Waals surface area contributed by atoms with Gasteiger partial charge in [-0.15, -0.1) is 10.2 Å². The molecule has 1 atom stereocenters. The molecule has 1 aliphatic heterocycles. The highest BCUT2D eigenvalue weighted by molar-refractivity contribution is 7.13. The van der Waals surface area contributed by atoms with Crippen molar-refractivity contribution < 1.29 is 0 Å². The fraction of sp³-hybridized carbons (Fsp3) is 0.625. The second-order valence-corrected chi connectivity index (χ2v) is 8.21. The third kappa shape index (κ3) is 4.45. The van der Waals surface area contributed by atoms with Crippen LogP contribution in [0.5, 0.6) is 0 Å². The van der Waals surface area contributed by atoms with E-state index < -0.39 is 0 Å². The zero-order chi connectivity index (χ0) is 16.4. The predicted octanol–water partition coefficient (Wildman–Crippen LogP) is 3.22. The fourth-order valence-electron chi connectivity index (χ4n) is 3.09. The van der Waals surface area contributed by atoms with Gasteiger partial charge in [0.25, 0.3) is 0 Å². The van der Waals surface area contributed by atoms with Crippen LogP contribution < -0.4 is 5.32 Å². The third-order valence-electron chi connectivity index (χ3n) is 3.84. The molecule has 2 aromatic rings. The Balaban J connectivity index is 1.72. The molecule has 1 N–H and O–H groups in total. The van der Waals surface area contributed by atoms with Crippen LogP contribution in [-0.2, 0) is 0 Å². The normalized spacial score (nSPS) is 19.2. The number of aromatic nitrogens is 4. The topological polar surface area (TPSA) is 66.8 Å². The van der Waals surface area contributed by atoms with Crippen LogP contribution in [0.4, 0.5) is 10.9 Å². The minimum atomic E-state index is 0.334. The molecular weight excluding hydrogens is 308 g/mol. The summed E-state index contributed by atoms with van der Waals surface area (Å²) in [4.78, 5) is 11.7. The van der Waals surface area contributed by atoms with Crippen LogP contribution in [0.3, 0.4) is 0 Å². The Morgan fingerprint density at radius 3 is 2.87 bits per heavy atom. The van der Waals surface area contributed by atoms with Gasteiger partial charge >= 0.3 is 0 Å². The van der Waals surface area contributed by atoms with Gasteiger partial charge in [-0.3, -0.25) is 0 Å². The van der Waals surface area contributed by atoms with E-state index in [1.807, 2.05) is 6.92 Å². The molecule has 0 radical (unpaired) electrons. The van der Waals surface area contributed by atoms with Crippen molar-refractivity contribution in [1.82, 2.24) is 25.1 Å². The van der Waals surface area contributed by atoms with Crippen LogP contribution in [0.2, 0.25) is 0 Å². The lowest BCUT2D eigenvalue weighted by atomic mass is 9.96. The summed E-state index contributed by atoms with van der Waals surface area (Å²) in [6.07, 6.45) is 1.16. The lowest BCUT2D eigenvalue weighted by molar-refractivity contribution is 0.225. The Bertz CT molecular complexity index is 649. The van der Waals surface area contributed by atoms with E-state index in [4.69, 9.17) is 0 Å². The van der Waals surface area contributed by atoms with Crippen molar-refractivity contribution in [2.45, 2.75) is 40.0 Å². The predicted molar refractivity (Wildman–Crippen MR) is 93.2 cm³/mol. The molecule has 0 bridgehead atoms. The first-order chi connectivity index (χ1) is 10.9. The molecular formula is C16H24N6S. The molecule has 1 aliphatic rings. The summed E-state index contributed by atoms with van der Waals surface area (Å²) in [6, 6.07) is 2.06. The van der Waals surface area contributed by atoms with Gasteiger partial charge < -0.3 is 10.2 Å². The van der Waals surface area contributed by atoms with E-state index in [1.165, 1.54) is 11.3 Å². The van der Waals surface area contributed by atoms with E-state index in [-0.39, 0.29) is 0 Å². The standard InChI is InChI=1S/C16H24N6S/c1-11-18-13(7-14(19-11)20-15-21-17-10-23-15)12-5-6-22(8-12)9-16(2,3)4/h7,10,12H,5-6,8-9H2,1-4H3,(H,18,19,20,21)/t12-/m0/s1. The number of nitrogens with one attached hydrogen (secondary N) is 1. The van der Waals surface area contributed by atoms with E-state index in [2.05, 4.69) is 57.2 Å². The summed E-state index contributed by atoms with van der Waals surface area (Å²) < 4.78 is 0. The Kier molecular flexibility index (Phi) is 4.59. The van der Waals surface area contributed by atoms with Gasteiger partial charge in [-0.05, 0) is 25.3 Å². The summed E-state index contributed by atoms with van der Waals surface area (Å²) in [7, 11) is 0. The summed E-state index contributed by atoms with van der Waals surface area (Å²) in [6.45, 7) is 12.2. The molecule has 0 saturated carbocycles. The Morgan fingerprint density at radius 2 is 2.17 bits per heavy atom. The average Bonchev–Trinajstić information content (AvgIpc) is 3.08. The molecule has 23 heavy (non-hydrogen) atoms. The third-order valence-corrected chi connectivity index (χ3v) is 4.45. The molecule has 0 aromatic carbocycles. The molecule has 1 fully saturated rings. The number of anilines is 2. The van der Waals surface area contributed by atoms with Crippen LogP contribution in [0, 0.1) is 12.3 Å². The van der Waals surface area contributed by atoms with Gasteiger partial charge in [-0.1, -0.05) is 32.1 Å². The molecule has 0 amide bonds. The van der Waals surface area contributed by atoms with Crippen molar-refractivity contribution in [2.75, 3.05) is 25.0 Å². The zero-order valence-electron chi connectivity index (χ0n) is 14.2. The number of likely N-dealkylation sites (tertiary alicyclic amines) is 1. The molecule has 124 valence electrons. The van der Waals surface area contributed by atoms with Crippen molar-refractivity contribution >= 4 is 22.3 Å². The summed E-state index contributed by atoms with van der Waals surface area (Å²) in [5.41, 5.74) is 3.17. The summed E-state index contributed by atoms with van der Waals surface area (Å²) >= 11 is 1.47. The molecule has 1 saturated heterocycles. The van der Waals surface area contributed by atoms with E-state index >= 15 is 0 Å². The molecule has 2 aromatic heterocycles. The Morgan fingerprint density at radius 1 is 1.35 bits per heavy atom. The van der Waals surface area contributed by atoms with Gasteiger partial charge in [0.15, 0.2) is 0 Å². The lowest BCUT2D eigenvalue weighted by Gasteiger charge is -2.26. The van der Waals surface area contributed by atoms with Crippen molar-refractivity contribution in [3.05, 3.63) is 23.1 Å². The average molecular weight is 332 g/mol. The first-order valence-corrected chi connectivity index (χ1v) is 8.88. The van der Waals surface area contributed by atoms with Gasteiger partial charge in [0.1, 0.15) is 17.2 Å². The van der Waals surface area contributed by atoms with E-state index in [0.717, 1.165) is 48.5 Å². The minimum Gasteiger partial charge on any atom is -0.315 e. The number of hydrogen-bond donors (Lipinski definition) is 1. The molecule has 3 heterocycles. The number of rotatable bonds is 4. The summed E-state index contributed by atoms with van der Waals surface area (Å²) in [5.74, 6) is 2.08. The molecule has 0 unspecified atom stereocenters. The maximum atomic E-state index is 4.67. The lowest BCUT2D eigenvalue weighted by Crippen LogP contribution is -2.30. The van der Waals surface area contributed by atoms with E-state index in [0.29, 0.717) is 11.3 Å². The molecule has 0 aliphatic carbocycles. The number of hydrogen-bond acceptors (Lipinski definition) is 7. The van der Waals surface area contributed by atoms with E-state index in [1.54, 1.807) is 5.51 Å². The second-order valence-electron chi connectivity index (χ2n) is 7.38. The Labute approximate surface area is 141 Å². The van der Waals surface area contributed by atoms with Crippen LogP contribution in [0.25, 0.3) is 0 Å². The van der Waals surface area contributed by atoms with Crippen molar-refractivity contribution in [3.8, 4) is 0 Å². The van der Waals surface area contributed by atoms with Crippen molar-refractivity contribution in [3.63, 3.8) is 0 Å². The molecule has 3 rings (SSSR count). The van der Waals surface area contributed by atoms with Gasteiger partial charge in [0.2, 0.25) is 5.13 Å². The fourth-order valence-corrected chi connectivity index (χ4v) is 3.54. The molecule has 6 nitrogen and oxygen atoms in total. The maximum absolute atomic E-state index is 4.67. The highest BCUT2D eigenvalue weighted by atomic mass is 32.1. The van der Waals surface area contributed by atoms with Crippen LogP contribution in [-0.4, -0.2) is 44.7 Å². The number of aryl methyl sites for hydroxylation is 1. The molecule has 0 spiro atoms. The first-order valence-electron chi connectivity index (χ1n) is 8.00. The van der Waals surface area contributed by atoms with Gasteiger partial charge in [-0.25, -0.2) is 9.97 Å². The van der Waals surface area contributed by atoms with Crippen molar-refractivity contribution in [1.29, 1.82) is 0 Å². The SMILES string of the molecule is Cc1nc(Nc2nncs2)cc([C@H]2CCN(CC(C)(C)C)C2)n1. The zero-order valence-corrected chi connectivity index (χ0v) is 15.0. The van der Waals surface area contributed by atoms with Gasteiger partial charge in [0.05, 0.1) is 5.69 Å². The largest absolute Gasteiger partial charge is 0.315 e. The monoisotopic (exact) mass is 332 g/mol. The molecule has 7 heteroatoms. The first kappa shape index (κ1) is 16.3. The summed E-state index contributed by atoms with van der Waals surface area (Å²) in [5, 5.41) is 11.8. The van der Waals surface area contributed by atoms with E-state index in [9.17, 15) is 0 Å². The highest BCUT2D eigenvalue weighted by Crippen LogP contribution is 2.30. The minimum absolute atomic E-state index is 0.334. The van der Waals surface area contributed by atoms with Crippen molar-refractivity contribution in [2.24, 2.45) is 5.41 Å². The second kappa shape index (κ2) is 6.49. The van der Waals surface area contributed by atoms with Crippen LogP contribution in [0.1, 0.15) is 44.6 Å². The maximum Gasteiger partial charge on any atom is 0.210 e. The van der Waals surface area contributed by atoms with Crippen LogP contribution in [0.15, 0.2) is 11.6 Å². The van der Waals surface area contributed by atoms with Gasteiger partial charge in [-0.2, -0.15) is 0 Å². The highest BCUT2D eigenvalue weighted by Gasteiger charge is 2.28. The Hall–Kier alpha value is -1.60.